The van der Waals surface area contributed by atoms with Gasteiger partial charge >= 0.3 is 57.4 Å². The topological polar surface area (TPSA) is 77.4 Å². The molecule has 17 heavy (non-hydrogen) atoms. The first-order valence-electron chi connectivity index (χ1n) is 5.96. The van der Waals surface area contributed by atoms with Crippen LogP contribution in [0.4, 0.5) is 0 Å². The van der Waals surface area contributed by atoms with Gasteiger partial charge in [-0.05, 0) is 19.3 Å². The Morgan fingerprint density at radius 3 is 1.65 bits per heavy atom. The number of carbonyl (C=O) groups excluding carboxylic acids is 1. The SMILES string of the molecule is CCCCCC(=O)O.CCCCCC(=O)[O-].[K+]. The number of carboxylic acid groups (broad SMARTS) is 2. The first-order chi connectivity index (χ1) is 7.54. The largest absolute Gasteiger partial charge is 1.00 e. The number of unbranched alkanes of at least 4 members (excludes halogenated alkanes) is 4. The van der Waals surface area contributed by atoms with Gasteiger partial charge in [0.2, 0.25) is 0 Å². The fourth-order valence-corrected chi connectivity index (χ4v) is 1.05. The van der Waals surface area contributed by atoms with Gasteiger partial charge < -0.3 is 15.0 Å². The van der Waals surface area contributed by atoms with E-state index in [1.807, 2.05) is 6.92 Å². The third-order valence-corrected chi connectivity index (χ3v) is 1.98. The van der Waals surface area contributed by atoms with Crippen LogP contribution >= 0.6 is 0 Å². The summed E-state index contributed by atoms with van der Waals surface area (Å²) in [5.41, 5.74) is 0. The number of hydrogen-bond donors (Lipinski definition) is 1. The zero-order chi connectivity index (χ0) is 12.8. The number of carbonyl (C=O) groups is 2. The van der Waals surface area contributed by atoms with Crippen molar-refractivity contribution < 1.29 is 71.2 Å². The van der Waals surface area contributed by atoms with Gasteiger partial charge in [0, 0.05) is 12.4 Å². The van der Waals surface area contributed by atoms with Crippen molar-refractivity contribution in [2.45, 2.75) is 65.2 Å². The number of rotatable bonds is 8. The van der Waals surface area contributed by atoms with Crippen LogP contribution in [-0.2, 0) is 9.59 Å². The van der Waals surface area contributed by atoms with E-state index in [1.165, 1.54) is 0 Å². The van der Waals surface area contributed by atoms with Gasteiger partial charge in [-0.15, -0.1) is 0 Å². The molecule has 0 unspecified atom stereocenters. The first kappa shape index (κ1) is 22.7. The Balaban J connectivity index is -0.000000218. The molecule has 0 aliphatic carbocycles. The summed E-state index contributed by atoms with van der Waals surface area (Å²) in [7, 11) is 0. The molecule has 0 heterocycles. The van der Waals surface area contributed by atoms with Crippen molar-refractivity contribution in [2.24, 2.45) is 0 Å². The van der Waals surface area contributed by atoms with E-state index < -0.39 is 11.9 Å². The molecule has 1 N–H and O–H groups in total. The van der Waals surface area contributed by atoms with Gasteiger partial charge in [0.25, 0.3) is 0 Å². The number of hydrogen-bond acceptors (Lipinski definition) is 3. The molecule has 0 aromatic carbocycles. The van der Waals surface area contributed by atoms with Crippen LogP contribution < -0.4 is 56.5 Å². The van der Waals surface area contributed by atoms with Crippen LogP contribution in [0.3, 0.4) is 0 Å². The summed E-state index contributed by atoms with van der Waals surface area (Å²) in [6, 6.07) is 0. The minimum atomic E-state index is -0.932. The molecule has 0 aromatic rings. The Hall–Kier alpha value is 0.576. The van der Waals surface area contributed by atoms with Crippen molar-refractivity contribution >= 4 is 11.9 Å². The molecule has 0 saturated carbocycles. The fourth-order valence-electron chi connectivity index (χ4n) is 1.05. The zero-order valence-electron chi connectivity index (χ0n) is 11.3. The van der Waals surface area contributed by atoms with Gasteiger partial charge in [-0.1, -0.05) is 39.5 Å². The molecule has 0 atom stereocenters. The van der Waals surface area contributed by atoms with Gasteiger partial charge in [0.05, 0.1) is 0 Å². The predicted molar refractivity (Wildman–Crippen MR) is 60.9 cm³/mol. The molecule has 0 saturated heterocycles. The molecule has 0 aliphatic heterocycles. The van der Waals surface area contributed by atoms with E-state index in [1.54, 1.807) is 0 Å². The summed E-state index contributed by atoms with van der Waals surface area (Å²) in [5.74, 6) is -1.61. The molecule has 0 bridgehead atoms. The molecule has 0 spiro atoms. The molecule has 0 rings (SSSR count). The zero-order valence-corrected chi connectivity index (χ0v) is 14.5. The molecular formula is C12H23KO4. The molecule has 0 aliphatic rings. The standard InChI is InChI=1S/2C6H12O2.K/c2*1-2-3-4-5-6(7)8;/h2*2-5H2,1H3,(H,7,8);/q;;+1/p-1. The minimum Gasteiger partial charge on any atom is -0.550 e. The average Bonchev–Trinajstić information content (AvgIpc) is 2.18. The number of aliphatic carboxylic acids is 2. The van der Waals surface area contributed by atoms with E-state index in [9.17, 15) is 14.7 Å². The van der Waals surface area contributed by atoms with Crippen molar-refractivity contribution in [1.29, 1.82) is 0 Å². The maximum Gasteiger partial charge on any atom is 1.00 e. The Bertz CT molecular complexity index is 163. The van der Waals surface area contributed by atoms with Crippen molar-refractivity contribution in [1.82, 2.24) is 0 Å². The summed E-state index contributed by atoms with van der Waals surface area (Å²) >= 11 is 0. The summed E-state index contributed by atoms with van der Waals surface area (Å²) < 4.78 is 0. The van der Waals surface area contributed by atoms with Crippen LogP contribution in [-0.4, -0.2) is 17.0 Å². The van der Waals surface area contributed by atoms with E-state index in [2.05, 4.69) is 6.92 Å². The van der Waals surface area contributed by atoms with Crippen molar-refractivity contribution in [3.8, 4) is 0 Å². The Labute approximate surface area is 147 Å². The van der Waals surface area contributed by atoms with Crippen LogP contribution in [0.15, 0.2) is 0 Å². The monoisotopic (exact) mass is 270 g/mol. The first-order valence-corrected chi connectivity index (χ1v) is 5.96. The van der Waals surface area contributed by atoms with Crippen molar-refractivity contribution in [2.75, 3.05) is 0 Å². The molecule has 96 valence electrons. The van der Waals surface area contributed by atoms with Gasteiger partial charge in [-0.3, -0.25) is 4.79 Å². The van der Waals surface area contributed by atoms with Crippen LogP contribution in [0.5, 0.6) is 0 Å². The van der Waals surface area contributed by atoms with Crippen LogP contribution in [0, 0.1) is 0 Å². The quantitative estimate of drug-likeness (QED) is 0.452. The van der Waals surface area contributed by atoms with Gasteiger partial charge in [0.15, 0.2) is 0 Å². The Kier molecular flexibility index (Phi) is 25.3. The Morgan fingerprint density at radius 1 is 0.941 bits per heavy atom. The summed E-state index contributed by atoms with van der Waals surface area (Å²) in [4.78, 5) is 19.6. The van der Waals surface area contributed by atoms with Crippen LogP contribution in [0.25, 0.3) is 0 Å². The van der Waals surface area contributed by atoms with Gasteiger partial charge in [-0.25, -0.2) is 0 Å². The van der Waals surface area contributed by atoms with Crippen molar-refractivity contribution in [3.05, 3.63) is 0 Å². The maximum absolute atomic E-state index is 9.87. The van der Waals surface area contributed by atoms with Crippen molar-refractivity contribution in [3.63, 3.8) is 0 Å². The van der Waals surface area contributed by atoms with E-state index in [0.29, 0.717) is 6.42 Å². The van der Waals surface area contributed by atoms with E-state index >= 15 is 0 Å². The van der Waals surface area contributed by atoms with E-state index in [0.717, 1.165) is 38.5 Å². The predicted octanol–water partition coefficient (Wildman–Crippen LogP) is -1.03. The molecule has 4 nitrogen and oxygen atoms in total. The maximum atomic E-state index is 9.87. The van der Waals surface area contributed by atoms with Crippen LogP contribution in [0.2, 0.25) is 0 Å². The van der Waals surface area contributed by atoms with Gasteiger partial charge in [-0.2, -0.15) is 0 Å². The summed E-state index contributed by atoms with van der Waals surface area (Å²) in [6.45, 7) is 4.09. The molecular weight excluding hydrogens is 247 g/mol. The van der Waals surface area contributed by atoms with E-state index in [-0.39, 0.29) is 57.8 Å². The molecule has 0 aromatic heterocycles. The van der Waals surface area contributed by atoms with Crippen LogP contribution in [0.1, 0.15) is 65.2 Å². The molecule has 0 amide bonds. The van der Waals surface area contributed by atoms with E-state index in [4.69, 9.17) is 5.11 Å². The van der Waals surface area contributed by atoms with Gasteiger partial charge in [0.1, 0.15) is 0 Å². The fraction of sp³-hybridized carbons (Fsp3) is 0.833. The third-order valence-electron chi connectivity index (χ3n) is 1.98. The third kappa shape index (κ3) is 31.5. The summed E-state index contributed by atoms with van der Waals surface area (Å²) in [6.07, 6.45) is 6.31. The molecule has 5 heteroatoms. The molecule has 0 radical (unpaired) electrons. The second-order valence-corrected chi connectivity index (χ2v) is 3.68. The molecule has 0 fully saturated rings. The normalized spacial score (nSPS) is 8.59. The second-order valence-electron chi connectivity index (χ2n) is 3.68. The smallest absolute Gasteiger partial charge is 0.550 e. The summed E-state index contributed by atoms with van der Waals surface area (Å²) in [5, 5.41) is 17.9. The number of carboxylic acids is 2. The average molecular weight is 270 g/mol. The Morgan fingerprint density at radius 2 is 1.35 bits per heavy atom. The minimum absolute atomic E-state index is 0. The second kappa shape index (κ2) is 18.9.